The van der Waals surface area contributed by atoms with Crippen LogP contribution in [0.5, 0.6) is 0 Å². The summed E-state index contributed by atoms with van der Waals surface area (Å²) in [6, 6.07) is 17.0. The summed E-state index contributed by atoms with van der Waals surface area (Å²) >= 11 is 3.38. The number of carbonyl (C=O) groups is 2. The Hall–Kier alpha value is -2.34. The molecule has 0 unspecified atom stereocenters. The number of para-hydroxylation sites is 1. The minimum atomic E-state index is -0.240. The van der Waals surface area contributed by atoms with Gasteiger partial charge >= 0.3 is 6.03 Å². The molecule has 3 rings (SSSR count). The molecule has 0 aliphatic heterocycles. The van der Waals surface area contributed by atoms with Crippen LogP contribution in [-0.4, -0.2) is 25.0 Å². The molecule has 1 saturated carbocycles. The third-order valence-corrected chi connectivity index (χ3v) is 6.08. The summed E-state index contributed by atoms with van der Waals surface area (Å²) < 4.78 is 0.965. The average Bonchev–Trinajstić information content (AvgIpc) is 3.28. The van der Waals surface area contributed by atoms with Crippen LogP contribution in [0.25, 0.3) is 0 Å². The largest absolute Gasteiger partial charge is 0.338 e. The van der Waals surface area contributed by atoms with Gasteiger partial charge in [0.05, 0.1) is 0 Å². The number of anilines is 2. The normalized spacial score (nSPS) is 13.8. The van der Waals surface area contributed by atoms with Gasteiger partial charge in [0.25, 0.3) is 0 Å². The van der Waals surface area contributed by atoms with Gasteiger partial charge in [-0.2, -0.15) is 0 Å². The van der Waals surface area contributed by atoms with E-state index in [9.17, 15) is 9.59 Å². The highest BCUT2D eigenvalue weighted by atomic mass is 79.9. The van der Waals surface area contributed by atoms with Gasteiger partial charge in [0.15, 0.2) is 0 Å². The van der Waals surface area contributed by atoms with Crippen LogP contribution >= 0.6 is 15.9 Å². The van der Waals surface area contributed by atoms with E-state index in [0.29, 0.717) is 31.8 Å². The first-order valence-corrected chi connectivity index (χ1v) is 11.6. The highest BCUT2D eigenvalue weighted by Crippen LogP contribution is 2.29. The monoisotopic (exact) mass is 471 g/mol. The molecule has 1 fully saturated rings. The number of hydrogen-bond acceptors (Lipinski definition) is 2. The van der Waals surface area contributed by atoms with Crippen LogP contribution in [0.15, 0.2) is 59.1 Å². The first-order chi connectivity index (χ1) is 14.6. The summed E-state index contributed by atoms with van der Waals surface area (Å²) in [5.74, 6) is 0.878. The van der Waals surface area contributed by atoms with E-state index in [4.69, 9.17) is 0 Å². The van der Waals surface area contributed by atoms with Crippen LogP contribution in [0.2, 0.25) is 0 Å². The maximum Gasteiger partial charge on any atom is 0.319 e. The molecule has 0 radical (unpaired) electrons. The van der Waals surface area contributed by atoms with Crippen molar-refractivity contribution in [3.05, 3.63) is 59.1 Å². The lowest BCUT2D eigenvalue weighted by Crippen LogP contribution is -2.35. The summed E-state index contributed by atoms with van der Waals surface area (Å²) in [5.41, 5.74) is 1.66. The van der Waals surface area contributed by atoms with Crippen molar-refractivity contribution in [2.45, 2.75) is 44.9 Å². The molecule has 160 valence electrons. The fourth-order valence-corrected chi connectivity index (χ4v) is 4.18. The molecule has 1 aliphatic carbocycles. The van der Waals surface area contributed by atoms with Gasteiger partial charge in [0, 0.05) is 35.4 Å². The molecule has 5 nitrogen and oxygen atoms in total. The predicted octanol–water partition coefficient (Wildman–Crippen LogP) is 5.96. The van der Waals surface area contributed by atoms with Crippen LogP contribution in [0, 0.1) is 5.92 Å². The quantitative estimate of drug-likeness (QED) is 0.442. The Morgan fingerprint density at radius 1 is 1.00 bits per heavy atom. The lowest BCUT2D eigenvalue weighted by Gasteiger charge is -2.24. The van der Waals surface area contributed by atoms with E-state index >= 15 is 0 Å². The van der Waals surface area contributed by atoms with E-state index in [2.05, 4.69) is 26.6 Å². The van der Waals surface area contributed by atoms with Crippen molar-refractivity contribution in [1.29, 1.82) is 0 Å². The van der Waals surface area contributed by atoms with Gasteiger partial charge in [-0.05, 0) is 55.2 Å². The Morgan fingerprint density at radius 2 is 1.70 bits per heavy atom. The molecular formula is C24H30BrN3O2. The summed E-state index contributed by atoms with van der Waals surface area (Å²) in [6.07, 6.45) is 7.39. The smallest absolute Gasteiger partial charge is 0.319 e. The topological polar surface area (TPSA) is 61.4 Å². The van der Waals surface area contributed by atoms with E-state index in [-0.39, 0.29) is 11.9 Å². The number of hydrogen-bond donors (Lipinski definition) is 2. The Kier molecular flexibility index (Phi) is 8.75. The molecule has 0 bridgehead atoms. The molecule has 0 spiro atoms. The van der Waals surface area contributed by atoms with Crippen molar-refractivity contribution in [3.8, 4) is 0 Å². The Labute approximate surface area is 187 Å². The fourth-order valence-electron chi connectivity index (χ4n) is 3.91. The second-order valence-corrected chi connectivity index (χ2v) is 8.73. The molecule has 0 atom stereocenters. The Balaban J connectivity index is 1.46. The van der Waals surface area contributed by atoms with Crippen molar-refractivity contribution in [2.75, 3.05) is 23.3 Å². The predicted molar refractivity (Wildman–Crippen MR) is 126 cm³/mol. The minimum Gasteiger partial charge on any atom is -0.338 e. The number of rotatable bonds is 9. The van der Waals surface area contributed by atoms with Crippen molar-refractivity contribution < 1.29 is 9.59 Å². The van der Waals surface area contributed by atoms with Crippen molar-refractivity contribution in [1.82, 2.24) is 5.32 Å². The first-order valence-electron chi connectivity index (χ1n) is 10.8. The minimum absolute atomic E-state index is 0.174. The molecule has 0 saturated heterocycles. The summed E-state index contributed by atoms with van der Waals surface area (Å²) in [4.78, 5) is 26.9. The maximum absolute atomic E-state index is 12.9. The lowest BCUT2D eigenvalue weighted by atomic mass is 10.0. The van der Waals surface area contributed by atoms with E-state index < -0.39 is 0 Å². The number of halogens is 1. The molecule has 2 aromatic carbocycles. The third-order valence-electron chi connectivity index (χ3n) is 5.56. The Bertz CT molecular complexity index is 805. The molecular weight excluding hydrogens is 442 g/mol. The van der Waals surface area contributed by atoms with Crippen molar-refractivity contribution in [2.24, 2.45) is 5.92 Å². The molecule has 3 amide bonds. The molecule has 1 aliphatic rings. The standard InChI is InChI=1S/C24H30BrN3O2/c25-20-12-14-21(15-13-20)27-24(30)26-17-6-18-28(22-9-2-1-3-10-22)23(29)16-11-19-7-4-5-8-19/h1-3,9-10,12-15,19H,4-8,11,16-18H2,(H2,26,27,30). The van der Waals surface area contributed by atoms with E-state index in [1.54, 1.807) is 0 Å². The van der Waals surface area contributed by atoms with Crippen LogP contribution in [-0.2, 0) is 4.79 Å². The van der Waals surface area contributed by atoms with Gasteiger partial charge < -0.3 is 15.5 Å². The number of amides is 3. The molecule has 30 heavy (non-hydrogen) atoms. The van der Waals surface area contributed by atoms with Gasteiger partial charge in [0.2, 0.25) is 5.91 Å². The molecule has 0 heterocycles. The van der Waals surface area contributed by atoms with Crippen LogP contribution in [0.4, 0.5) is 16.2 Å². The summed E-state index contributed by atoms with van der Waals surface area (Å²) in [7, 11) is 0. The maximum atomic E-state index is 12.9. The lowest BCUT2D eigenvalue weighted by molar-refractivity contribution is -0.118. The van der Waals surface area contributed by atoms with E-state index in [1.165, 1.54) is 25.7 Å². The Morgan fingerprint density at radius 3 is 2.40 bits per heavy atom. The zero-order valence-electron chi connectivity index (χ0n) is 17.3. The molecule has 6 heteroatoms. The zero-order chi connectivity index (χ0) is 21.2. The zero-order valence-corrected chi connectivity index (χ0v) is 18.9. The first kappa shape index (κ1) is 22.3. The summed E-state index contributed by atoms with van der Waals surface area (Å²) in [6.45, 7) is 1.09. The highest BCUT2D eigenvalue weighted by molar-refractivity contribution is 9.10. The van der Waals surface area contributed by atoms with Crippen LogP contribution < -0.4 is 15.5 Å². The highest BCUT2D eigenvalue weighted by Gasteiger charge is 2.20. The van der Waals surface area contributed by atoms with E-state index in [0.717, 1.165) is 22.3 Å². The third kappa shape index (κ3) is 7.17. The van der Waals surface area contributed by atoms with Gasteiger partial charge in [-0.25, -0.2) is 4.79 Å². The van der Waals surface area contributed by atoms with Crippen LogP contribution in [0.3, 0.4) is 0 Å². The SMILES string of the molecule is O=C(NCCCN(C(=O)CCC1CCCC1)c1ccccc1)Nc1ccc(Br)cc1. The average molecular weight is 472 g/mol. The second kappa shape index (κ2) is 11.7. The number of nitrogens with one attached hydrogen (secondary N) is 2. The van der Waals surface area contributed by atoms with Gasteiger partial charge in [-0.1, -0.05) is 59.8 Å². The number of benzene rings is 2. The number of urea groups is 1. The summed E-state index contributed by atoms with van der Waals surface area (Å²) in [5, 5.41) is 5.68. The molecule has 2 N–H and O–H groups in total. The number of carbonyl (C=O) groups excluding carboxylic acids is 2. The van der Waals surface area contributed by atoms with Crippen molar-refractivity contribution >= 4 is 39.2 Å². The van der Waals surface area contributed by atoms with Gasteiger partial charge in [0.1, 0.15) is 0 Å². The van der Waals surface area contributed by atoms with E-state index in [1.807, 2.05) is 59.5 Å². The second-order valence-electron chi connectivity index (χ2n) is 7.81. The van der Waals surface area contributed by atoms with Gasteiger partial charge in [-0.3, -0.25) is 4.79 Å². The van der Waals surface area contributed by atoms with Crippen molar-refractivity contribution in [3.63, 3.8) is 0 Å². The number of nitrogens with zero attached hydrogens (tertiary/aromatic N) is 1. The molecule has 0 aromatic heterocycles. The van der Waals surface area contributed by atoms with Crippen LogP contribution in [0.1, 0.15) is 44.9 Å². The fraction of sp³-hybridized carbons (Fsp3) is 0.417. The molecule has 2 aromatic rings. The van der Waals surface area contributed by atoms with Gasteiger partial charge in [-0.15, -0.1) is 0 Å².